The van der Waals surface area contributed by atoms with E-state index >= 15 is 0 Å². The van der Waals surface area contributed by atoms with Gasteiger partial charge in [0.2, 0.25) is 0 Å². The molecule has 0 aliphatic rings. The second-order valence-electron chi connectivity index (χ2n) is 5.13. The van der Waals surface area contributed by atoms with Crippen LogP contribution in [-0.4, -0.2) is 27.3 Å². The van der Waals surface area contributed by atoms with Crippen LogP contribution in [0.4, 0.5) is 0 Å². The minimum atomic E-state index is -0.310. The number of nitrogens with one attached hydrogen (secondary N) is 1. The monoisotopic (exact) mass is 333 g/mol. The molecule has 0 aliphatic carbocycles. The van der Waals surface area contributed by atoms with Crippen molar-refractivity contribution in [3.05, 3.63) is 72.3 Å². The first-order valence-electron chi connectivity index (χ1n) is 7.61. The smallest absolute Gasteiger partial charge is 0.258 e. The Hall–Kier alpha value is -3.66. The lowest BCUT2D eigenvalue weighted by atomic mass is 10.2. The van der Waals surface area contributed by atoms with Gasteiger partial charge in [0.25, 0.3) is 5.91 Å². The molecule has 0 fully saturated rings. The van der Waals surface area contributed by atoms with Gasteiger partial charge in [0.15, 0.2) is 12.4 Å². The number of hydrogen-bond donors (Lipinski definition) is 1. The third-order valence-corrected chi connectivity index (χ3v) is 3.46. The minimum Gasteiger partial charge on any atom is -0.482 e. The van der Waals surface area contributed by atoms with Gasteiger partial charge < -0.3 is 10.1 Å². The second-order valence-corrected chi connectivity index (χ2v) is 5.13. The molecule has 0 aliphatic heterocycles. The highest BCUT2D eigenvalue weighted by Gasteiger charge is 2.10. The summed E-state index contributed by atoms with van der Waals surface area (Å²) in [6, 6.07) is 18.4. The lowest BCUT2D eigenvalue weighted by molar-refractivity contribution is -0.123. The van der Waals surface area contributed by atoms with E-state index in [2.05, 4.69) is 15.5 Å². The number of nitrogens with zero attached hydrogens (tertiary/aromatic N) is 4. The zero-order chi connectivity index (χ0) is 17.5. The van der Waals surface area contributed by atoms with Crippen LogP contribution >= 0.6 is 0 Å². The first-order chi connectivity index (χ1) is 12.3. The zero-order valence-electron chi connectivity index (χ0n) is 13.3. The predicted molar refractivity (Wildman–Crippen MR) is 89.9 cm³/mol. The largest absolute Gasteiger partial charge is 0.482 e. The van der Waals surface area contributed by atoms with Gasteiger partial charge in [-0.2, -0.15) is 5.26 Å². The van der Waals surface area contributed by atoms with E-state index in [1.54, 1.807) is 35.2 Å². The molecule has 1 aromatic heterocycles. The Balaban J connectivity index is 1.57. The lowest BCUT2D eigenvalue weighted by Crippen LogP contribution is -2.29. The van der Waals surface area contributed by atoms with Crippen molar-refractivity contribution < 1.29 is 9.53 Å². The van der Waals surface area contributed by atoms with E-state index < -0.39 is 0 Å². The van der Waals surface area contributed by atoms with Crippen molar-refractivity contribution in [2.24, 2.45) is 0 Å². The summed E-state index contributed by atoms with van der Waals surface area (Å²) in [5, 5.41) is 19.6. The highest BCUT2D eigenvalue weighted by molar-refractivity contribution is 5.77. The molecule has 0 unspecified atom stereocenters. The Kier molecular flexibility index (Phi) is 5.02. The van der Waals surface area contributed by atoms with Crippen LogP contribution in [0.5, 0.6) is 5.75 Å². The van der Waals surface area contributed by atoms with E-state index in [4.69, 9.17) is 10.00 Å². The van der Waals surface area contributed by atoms with Gasteiger partial charge in [-0.1, -0.05) is 30.3 Å². The highest BCUT2D eigenvalue weighted by atomic mass is 16.5. The van der Waals surface area contributed by atoms with E-state index in [1.807, 2.05) is 36.4 Å². The average molecular weight is 333 g/mol. The SMILES string of the molecule is N#Cc1ccccc1OCC(=O)NCc1nncn1-c1ccccc1. The maximum absolute atomic E-state index is 12.0. The molecule has 7 heteroatoms. The molecule has 2 aromatic carbocycles. The molecular formula is C18H15N5O2. The van der Waals surface area contributed by atoms with Crippen molar-refractivity contribution in [3.8, 4) is 17.5 Å². The molecular weight excluding hydrogens is 318 g/mol. The van der Waals surface area contributed by atoms with Crippen LogP contribution in [-0.2, 0) is 11.3 Å². The van der Waals surface area contributed by atoms with Gasteiger partial charge in [0.1, 0.15) is 18.1 Å². The third-order valence-electron chi connectivity index (χ3n) is 3.46. The topological polar surface area (TPSA) is 92.8 Å². The molecule has 3 rings (SSSR count). The summed E-state index contributed by atoms with van der Waals surface area (Å²) in [5.74, 6) is 0.680. The van der Waals surface area contributed by atoms with Gasteiger partial charge in [-0.25, -0.2) is 0 Å². The molecule has 0 radical (unpaired) electrons. The summed E-state index contributed by atoms with van der Waals surface area (Å²) in [5.41, 5.74) is 1.30. The van der Waals surface area contributed by atoms with Crippen molar-refractivity contribution in [3.63, 3.8) is 0 Å². The molecule has 1 heterocycles. The maximum atomic E-state index is 12.0. The third kappa shape index (κ3) is 4.00. The van der Waals surface area contributed by atoms with E-state index in [0.717, 1.165) is 5.69 Å². The van der Waals surface area contributed by atoms with Crippen LogP contribution < -0.4 is 10.1 Å². The van der Waals surface area contributed by atoms with E-state index in [1.165, 1.54) is 0 Å². The quantitative estimate of drug-likeness (QED) is 0.743. The standard InChI is InChI=1S/C18H15N5O2/c19-10-14-6-4-5-9-16(14)25-12-18(24)20-11-17-22-21-13-23(17)15-7-2-1-3-8-15/h1-9,13H,11-12H2,(H,20,24). The molecule has 25 heavy (non-hydrogen) atoms. The van der Waals surface area contributed by atoms with Gasteiger partial charge in [-0.3, -0.25) is 9.36 Å². The van der Waals surface area contributed by atoms with Gasteiger partial charge in [0.05, 0.1) is 12.1 Å². The summed E-state index contributed by atoms with van der Waals surface area (Å²) in [6.07, 6.45) is 1.59. The van der Waals surface area contributed by atoms with E-state index in [0.29, 0.717) is 17.1 Å². The fraction of sp³-hybridized carbons (Fsp3) is 0.111. The summed E-state index contributed by atoms with van der Waals surface area (Å²) in [4.78, 5) is 12.0. The zero-order valence-corrected chi connectivity index (χ0v) is 13.3. The number of nitriles is 1. The van der Waals surface area contributed by atoms with Gasteiger partial charge >= 0.3 is 0 Å². The van der Waals surface area contributed by atoms with Crippen molar-refractivity contribution in [2.75, 3.05) is 6.61 Å². The van der Waals surface area contributed by atoms with Gasteiger partial charge in [-0.05, 0) is 24.3 Å². The highest BCUT2D eigenvalue weighted by Crippen LogP contribution is 2.16. The number of rotatable bonds is 6. The molecule has 0 saturated carbocycles. The fourth-order valence-electron chi connectivity index (χ4n) is 2.24. The second kappa shape index (κ2) is 7.75. The number of para-hydroxylation sites is 2. The number of carbonyl (C=O) groups is 1. The molecule has 0 bridgehead atoms. The normalized spacial score (nSPS) is 10.0. The lowest BCUT2D eigenvalue weighted by Gasteiger charge is -2.09. The van der Waals surface area contributed by atoms with Crippen molar-refractivity contribution in [1.82, 2.24) is 20.1 Å². The molecule has 3 aromatic rings. The summed E-state index contributed by atoms with van der Waals surface area (Å²) >= 11 is 0. The Morgan fingerprint density at radius 3 is 2.72 bits per heavy atom. The number of amides is 1. The van der Waals surface area contributed by atoms with Gasteiger partial charge in [0, 0.05) is 5.69 Å². The molecule has 0 saturated heterocycles. The van der Waals surface area contributed by atoms with Gasteiger partial charge in [-0.15, -0.1) is 10.2 Å². The number of hydrogen-bond acceptors (Lipinski definition) is 5. The Labute approximate surface area is 144 Å². The fourth-order valence-corrected chi connectivity index (χ4v) is 2.24. The summed E-state index contributed by atoms with van der Waals surface area (Å²) in [7, 11) is 0. The van der Waals surface area contributed by atoms with Crippen LogP contribution in [0, 0.1) is 11.3 Å². The van der Waals surface area contributed by atoms with Crippen molar-refractivity contribution in [1.29, 1.82) is 5.26 Å². The van der Waals surface area contributed by atoms with E-state index in [9.17, 15) is 4.79 Å². The number of aromatic nitrogens is 3. The first kappa shape index (κ1) is 16.2. The number of carbonyl (C=O) groups excluding carboxylic acids is 1. The molecule has 1 N–H and O–H groups in total. The van der Waals surface area contributed by atoms with Crippen molar-refractivity contribution in [2.45, 2.75) is 6.54 Å². The average Bonchev–Trinajstić information content (AvgIpc) is 3.14. The van der Waals surface area contributed by atoms with E-state index in [-0.39, 0.29) is 19.1 Å². The summed E-state index contributed by atoms with van der Waals surface area (Å²) in [6.45, 7) is 0.0369. The van der Waals surface area contributed by atoms with Crippen LogP contribution in [0.1, 0.15) is 11.4 Å². The van der Waals surface area contributed by atoms with Crippen molar-refractivity contribution >= 4 is 5.91 Å². The first-order valence-corrected chi connectivity index (χ1v) is 7.61. The summed E-state index contributed by atoms with van der Waals surface area (Å²) < 4.78 is 7.19. The predicted octanol–water partition coefficient (Wildman–Crippen LogP) is 1.83. The molecule has 1 amide bonds. The van der Waals surface area contributed by atoms with Crippen LogP contribution in [0.3, 0.4) is 0 Å². The Bertz CT molecular complexity index is 899. The maximum Gasteiger partial charge on any atom is 0.258 e. The Morgan fingerprint density at radius 2 is 1.92 bits per heavy atom. The van der Waals surface area contributed by atoms with Crippen LogP contribution in [0.25, 0.3) is 5.69 Å². The molecule has 124 valence electrons. The number of ether oxygens (including phenoxy) is 1. The van der Waals surface area contributed by atoms with Crippen LogP contribution in [0.2, 0.25) is 0 Å². The molecule has 0 spiro atoms. The Morgan fingerprint density at radius 1 is 1.16 bits per heavy atom. The molecule has 0 atom stereocenters. The minimum absolute atomic E-state index is 0.182. The van der Waals surface area contributed by atoms with Crippen LogP contribution in [0.15, 0.2) is 60.9 Å². The number of benzene rings is 2. The molecule has 7 nitrogen and oxygen atoms in total.